The second-order valence-electron chi connectivity index (χ2n) is 3.27. The molecular weight excluding hydrogens is 248 g/mol. The molecule has 14 heavy (non-hydrogen) atoms. The van der Waals surface area contributed by atoms with Crippen molar-refractivity contribution >= 4 is 21.9 Å². The number of carboxylic acids is 1. The Kier molecular flexibility index (Phi) is 2.46. The fourth-order valence-electron chi connectivity index (χ4n) is 1.09. The second kappa shape index (κ2) is 3.61. The molecule has 4 heteroatoms. The van der Waals surface area contributed by atoms with Crippen molar-refractivity contribution < 1.29 is 14.6 Å². The molecule has 1 saturated carbocycles. The summed E-state index contributed by atoms with van der Waals surface area (Å²) in [5, 5.41) is 8.73. The standard InChI is InChI=1S/C10H9BrO3/c11-8-5-6(10(12)13)1-4-9(8)14-7-2-3-7/h1,4-5,7H,2-3H2,(H,12,13). The van der Waals surface area contributed by atoms with Gasteiger partial charge in [-0.1, -0.05) is 0 Å². The molecule has 0 atom stereocenters. The minimum Gasteiger partial charge on any atom is -0.489 e. The van der Waals surface area contributed by atoms with Gasteiger partial charge < -0.3 is 9.84 Å². The average Bonchev–Trinajstić information content (AvgIpc) is 2.92. The van der Waals surface area contributed by atoms with Gasteiger partial charge in [0, 0.05) is 0 Å². The van der Waals surface area contributed by atoms with E-state index < -0.39 is 5.97 Å². The van der Waals surface area contributed by atoms with Crippen LogP contribution in [0.5, 0.6) is 5.75 Å². The summed E-state index contributed by atoms with van der Waals surface area (Å²) in [6, 6.07) is 4.79. The fraction of sp³-hybridized carbons (Fsp3) is 0.300. The highest BCUT2D eigenvalue weighted by atomic mass is 79.9. The van der Waals surface area contributed by atoms with Crippen LogP contribution in [0.3, 0.4) is 0 Å². The number of benzene rings is 1. The van der Waals surface area contributed by atoms with E-state index in [0.29, 0.717) is 10.6 Å². The van der Waals surface area contributed by atoms with E-state index in [1.54, 1.807) is 18.2 Å². The predicted molar refractivity (Wildman–Crippen MR) is 54.8 cm³/mol. The summed E-state index contributed by atoms with van der Waals surface area (Å²) in [7, 11) is 0. The van der Waals surface area contributed by atoms with Gasteiger partial charge in [0.1, 0.15) is 5.75 Å². The highest BCUT2D eigenvalue weighted by Gasteiger charge is 2.24. The number of hydrogen-bond acceptors (Lipinski definition) is 2. The van der Waals surface area contributed by atoms with Crippen molar-refractivity contribution in [3.05, 3.63) is 28.2 Å². The fourth-order valence-corrected chi connectivity index (χ4v) is 1.57. The smallest absolute Gasteiger partial charge is 0.335 e. The molecule has 1 N–H and O–H groups in total. The molecular formula is C10H9BrO3. The third kappa shape index (κ3) is 2.07. The molecule has 0 spiro atoms. The monoisotopic (exact) mass is 256 g/mol. The van der Waals surface area contributed by atoms with Crippen LogP contribution in [0.2, 0.25) is 0 Å². The zero-order chi connectivity index (χ0) is 10.1. The van der Waals surface area contributed by atoms with Gasteiger partial charge in [-0.25, -0.2) is 4.79 Å². The Morgan fingerprint density at radius 3 is 2.71 bits per heavy atom. The van der Waals surface area contributed by atoms with Crippen molar-refractivity contribution in [2.75, 3.05) is 0 Å². The summed E-state index contributed by atoms with van der Waals surface area (Å²) >= 11 is 3.28. The summed E-state index contributed by atoms with van der Waals surface area (Å²) in [4.78, 5) is 10.6. The maximum atomic E-state index is 10.6. The van der Waals surface area contributed by atoms with Crippen molar-refractivity contribution in [2.45, 2.75) is 18.9 Å². The molecule has 74 valence electrons. The van der Waals surface area contributed by atoms with E-state index in [2.05, 4.69) is 15.9 Å². The van der Waals surface area contributed by atoms with Crippen molar-refractivity contribution in [1.82, 2.24) is 0 Å². The molecule has 1 aromatic carbocycles. The Morgan fingerprint density at radius 2 is 2.21 bits per heavy atom. The molecule has 1 aliphatic carbocycles. The minimum atomic E-state index is -0.927. The number of carboxylic acid groups (broad SMARTS) is 1. The van der Waals surface area contributed by atoms with Crippen LogP contribution >= 0.6 is 15.9 Å². The maximum absolute atomic E-state index is 10.6. The highest BCUT2D eigenvalue weighted by molar-refractivity contribution is 9.10. The van der Waals surface area contributed by atoms with Crippen LogP contribution in [0.1, 0.15) is 23.2 Å². The molecule has 0 aliphatic heterocycles. The number of aromatic carboxylic acids is 1. The van der Waals surface area contributed by atoms with E-state index in [-0.39, 0.29) is 5.56 Å². The summed E-state index contributed by atoms with van der Waals surface area (Å²) in [5.41, 5.74) is 0.264. The lowest BCUT2D eigenvalue weighted by Crippen LogP contribution is -1.99. The van der Waals surface area contributed by atoms with E-state index >= 15 is 0 Å². The average molecular weight is 257 g/mol. The molecule has 0 amide bonds. The Labute approximate surface area is 89.8 Å². The Morgan fingerprint density at radius 1 is 1.50 bits per heavy atom. The van der Waals surface area contributed by atoms with E-state index in [1.165, 1.54) is 0 Å². The van der Waals surface area contributed by atoms with Gasteiger partial charge in [0.15, 0.2) is 0 Å². The number of ether oxygens (including phenoxy) is 1. The number of hydrogen-bond donors (Lipinski definition) is 1. The lowest BCUT2D eigenvalue weighted by atomic mass is 10.2. The molecule has 0 radical (unpaired) electrons. The molecule has 0 bridgehead atoms. The summed E-state index contributed by atoms with van der Waals surface area (Å²) in [5.74, 6) is -0.207. The topological polar surface area (TPSA) is 46.5 Å². The predicted octanol–water partition coefficient (Wildman–Crippen LogP) is 2.69. The third-order valence-electron chi connectivity index (χ3n) is 2.00. The molecule has 0 aromatic heterocycles. The lowest BCUT2D eigenvalue weighted by molar-refractivity contribution is 0.0697. The van der Waals surface area contributed by atoms with Crippen LogP contribution < -0.4 is 4.74 Å². The number of carbonyl (C=O) groups is 1. The Hall–Kier alpha value is -1.03. The van der Waals surface area contributed by atoms with Crippen molar-refractivity contribution in [3.63, 3.8) is 0 Å². The number of rotatable bonds is 3. The zero-order valence-corrected chi connectivity index (χ0v) is 8.95. The molecule has 0 heterocycles. The van der Waals surface area contributed by atoms with E-state index in [4.69, 9.17) is 9.84 Å². The molecule has 0 saturated heterocycles. The van der Waals surface area contributed by atoms with Gasteiger partial charge >= 0.3 is 5.97 Å². The minimum absolute atomic E-state index is 0.264. The zero-order valence-electron chi connectivity index (χ0n) is 7.37. The largest absolute Gasteiger partial charge is 0.489 e. The first-order valence-electron chi connectivity index (χ1n) is 4.36. The van der Waals surface area contributed by atoms with E-state index in [1.807, 2.05) is 0 Å². The number of halogens is 1. The van der Waals surface area contributed by atoms with Crippen LogP contribution in [0, 0.1) is 0 Å². The van der Waals surface area contributed by atoms with Gasteiger partial charge in [0.25, 0.3) is 0 Å². The third-order valence-corrected chi connectivity index (χ3v) is 2.62. The Balaban J connectivity index is 2.21. The Bertz CT molecular complexity index is 372. The quantitative estimate of drug-likeness (QED) is 0.905. The van der Waals surface area contributed by atoms with Gasteiger partial charge in [-0.3, -0.25) is 0 Å². The summed E-state index contributed by atoms with van der Waals surface area (Å²) < 4.78 is 6.25. The SMILES string of the molecule is O=C(O)c1ccc(OC2CC2)c(Br)c1. The first kappa shape index (κ1) is 9.52. The summed E-state index contributed by atoms with van der Waals surface area (Å²) in [6.07, 6.45) is 2.50. The van der Waals surface area contributed by atoms with Crippen molar-refractivity contribution in [1.29, 1.82) is 0 Å². The summed E-state index contributed by atoms with van der Waals surface area (Å²) in [6.45, 7) is 0. The molecule has 1 aliphatic rings. The van der Waals surface area contributed by atoms with Crippen LogP contribution in [0.25, 0.3) is 0 Å². The molecule has 1 aromatic rings. The molecule has 1 fully saturated rings. The van der Waals surface area contributed by atoms with Crippen LogP contribution in [-0.2, 0) is 0 Å². The van der Waals surface area contributed by atoms with Gasteiger partial charge in [-0.15, -0.1) is 0 Å². The van der Waals surface area contributed by atoms with Gasteiger partial charge in [-0.05, 0) is 47.0 Å². The van der Waals surface area contributed by atoms with E-state index in [0.717, 1.165) is 18.6 Å². The molecule has 0 unspecified atom stereocenters. The van der Waals surface area contributed by atoms with Crippen LogP contribution in [0.4, 0.5) is 0 Å². The van der Waals surface area contributed by atoms with Crippen LogP contribution in [-0.4, -0.2) is 17.2 Å². The van der Waals surface area contributed by atoms with Crippen LogP contribution in [0.15, 0.2) is 22.7 Å². The van der Waals surface area contributed by atoms with Crippen molar-refractivity contribution in [3.8, 4) is 5.75 Å². The molecule has 2 rings (SSSR count). The van der Waals surface area contributed by atoms with Gasteiger partial charge in [0.2, 0.25) is 0 Å². The van der Waals surface area contributed by atoms with Crippen molar-refractivity contribution in [2.24, 2.45) is 0 Å². The van der Waals surface area contributed by atoms with Gasteiger partial charge in [0.05, 0.1) is 16.1 Å². The normalized spacial score (nSPS) is 15.2. The highest BCUT2D eigenvalue weighted by Crippen LogP contribution is 2.32. The lowest BCUT2D eigenvalue weighted by Gasteiger charge is -2.06. The molecule has 3 nitrogen and oxygen atoms in total. The van der Waals surface area contributed by atoms with E-state index in [9.17, 15) is 4.79 Å². The first-order valence-corrected chi connectivity index (χ1v) is 5.15. The van der Waals surface area contributed by atoms with Gasteiger partial charge in [-0.2, -0.15) is 0 Å². The first-order chi connectivity index (χ1) is 6.66. The second-order valence-corrected chi connectivity index (χ2v) is 4.12. The maximum Gasteiger partial charge on any atom is 0.335 e.